The van der Waals surface area contributed by atoms with Crippen molar-refractivity contribution in [2.24, 2.45) is 5.16 Å². The molecule has 0 radical (unpaired) electrons. The van der Waals surface area contributed by atoms with Crippen LogP contribution in [-0.2, 0) is 0 Å². The van der Waals surface area contributed by atoms with E-state index in [1.54, 1.807) is 6.92 Å². The van der Waals surface area contributed by atoms with E-state index >= 15 is 0 Å². The van der Waals surface area contributed by atoms with Gasteiger partial charge >= 0.3 is 0 Å². The lowest BCUT2D eigenvalue weighted by Crippen LogP contribution is -2.13. The molecule has 104 valence electrons. The number of rotatable bonds is 3. The molecule has 0 saturated heterocycles. The predicted octanol–water partition coefficient (Wildman–Crippen LogP) is 4.36. The topological polar surface area (TPSA) is 41.8 Å². The van der Waals surface area contributed by atoms with Crippen molar-refractivity contribution in [2.75, 3.05) is 0 Å². The van der Waals surface area contributed by atoms with Crippen LogP contribution in [0, 0.1) is 0 Å². The summed E-state index contributed by atoms with van der Waals surface area (Å²) in [7, 11) is 0. The molecule has 3 rings (SSSR count). The first-order valence-corrected chi connectivity index (χ1v) is 7.17. The molecule has 0 aromatic heterocycles. The van der Waals surface area contributed by atoms with Crippen LogP contribution in [0.25, 0.3) is 10.8 Å². The van der Waals surface area contributed by atoms with E-state index < -0.39 is 0 Å². The Kier molecular flexibility index (Phi) is 3.59. The van der Waals surface area contributed by atoms with Gasteiger partial charge in [0.25, 0.3) is 0 Å². The van der Waals surface area contributed by atoms with Crippen molar-refractivity contribution in [3.05, 3.63) is 42.0 Å². The first-order valence-electron chi connectivity index (χ1n) is 7.17. The summed E-state index contributed by atoms with van der Waals surface area (Å²) in [5.74, 6) is 0.852. The second-order valence-corrected chi connectivity index (χ2v) is 5.37. The third-order valence-corrected chi connectivity index (χ3v) is 4.01. The van der Waals surface area contributed by atoms with Crippen LogP contribution in [0.4, 0.5) is 0 Å². The second-order valence-electron chi connectivity index (χ2n) is 5.37. The zero-order valence-corrected chi connectivity index (χ0v) is 11.7. The minimum absolute atomic E-state index is 0.283. The first kappa shape index (κ1) is 13.0. The van der Waals surface area contributed by atoms with E-state index in [1.807, 2.05) is 24.3 Å². The van der Waals surface area contributed by atoms with E-state index in [4.69, 9.17) is 9.94 Å². The van der Waals surface area contributed by atoms with Crippen LogP contribution in [0.15, 0.2) is 41.6 Å². The van der Waals surface area contributed by atoms with Crippen LogP contribution >= 0.6 is 0 Å². The molecule has 0 aliphatic heterocycles. The van der Waals surface area contributed by atoms with Crippen LogP contribution < -0.4 is 4.74 Å². The van der Waals surface area contributed by atoms with Crippen LogP contribution in [0.3, 0.4) is 0 Å². The van der Waals surface area contributed by atoms with Crippen molar-refractivity contribution in [1.82, 2.24) is 0 Å². The number of benzene rings is 2. The highest BCUT2D eigenvalue weighted by Gasteiger charge is 2.20. The van der Waals surface area contributed by atoms with Crippen molar-refractivity contribution >= 4 is 16.5 Å². The van der Waals surface area contributed by atoms with Gasteiger partial charge in [-0.2, -0.15) is 0 Å². The lowest BCUT2D eigenvalue weighted by Gasteiger charge is -2.18. The molecule has 3 heteroatoms. The third-order valence-electron chi connectivity index (χ3n) is 4.01. The summed E-state index contributed by atoms with van der Waals surface area (Å²) in [5.41, 5.74) is 1.46. The SMILES string of the molecule is C/C(=N\O)c1ccc2ccccc2c1OC1CCCC1. The van der Waals surface area contributed by atoms with E-state index in [-0.39, 0.29) is 6.10 Å². The molecule has 0 bridgehead atoms. The Balaban J connectivity index is 2.12. The van der Waals surface area contributed by atoms with Gasteiger partial charge in [0.15, 0.2) is 0 Å². The largest absolute Gasteiger partial charge is 0.489 e. The predicted molar refractivity (Wildman–Crippen MR) is 80.8 cm³/mol. The van der Waals surface area contributed by atoms with E-state index in [2.05, 4.69) is 17.3 Å². The molecule has 0 amide bonds. The van der Waals surface area contributed by atoms with Gasteiger partial charge in [-0.1, -0.05) is 35.5 Å². The number of hydrogen-bond donors (Lipinski definition) is 1. The molecule has 20 heavy (non-hydrogen) atoms. The summed E-state index contributed by atoms with van der Waals surface area (Å²) < 4.78 is 6.25. The van der Waals surface area contributed by atoms with Gasteiger partial charge in [0, 0.05) is 10.9 Å². The summed E-state index contributed by atoms with van der Waals surface area (Å²) in [6.45, 7) is 1.80. The zero-order chi connectivity index (χ0) is 13.9. The van der Waals surface area contributed by atoms with Crippen molar-refractivity contribution in [3.63, 3.8) is 0 Å². The average molecular weight is 269 g/mol. The molecule has 0 heterocycles. The first-order chi connectivity index (χ1) is 9.79. The summed E-state index contributed by atoms with van der Waals surface area (Å²) in [6, 6.07) is 12.2. The fourth-order valence-corrected chi connectivity index (χ4v) is 2.88. The molecular weight excluding hydrogens is 250 g/mol. The second kappa shape index (κ2) is 5.53. The van der Waals surface area contributed by atoms with Gasteiger partial charge in [0.1, 0.15) is 5.75 Å². The normalized spacial score (nSPS) is 16.8. The maximum Gasteiger partial charge on any atom is 0.136 e. The Morgan fingerprint density at radius 1 is 1.15 bits per heavy atom. The molecule has 2 aromatic rings. The molecule has 0 unspecified atom stereocenters. The Morgan fingerprint density at radius 2 is 1.90 bits per heavy atom. The molecule has 2 aromatic carbocycles. The Labute approximate surface area is 118 Å². The minimum atomic E-state index is 0.283. The molecular formula is C17H19NO2. The van der Waals surface area contributed by atoms with Gasteiger partial charge in [0.05, 0.1) is 11.8 Å². The number of nitrogens with zero attached hydrogens (tertiary/aromatic N) is 1. The van der Waals surface area contributed by atoms with Crippen LogP contribution in [0.1, 0.15) is 38.2 Å². The standard InChI is InChI=1S/C17H19NO2/c1-12(18-19)15-11-10-13-6-2-5-9-16(13)17(15)20-14-7-3-4-8-14/h2,5-6,9-11,14,19H,3-4,7-8H2,1H3/b18-12+. The maximum absolute atomic E-state index is 9.08. The van der Waals surface area contributed by atoms with Gasteiger partial charge in [-0.3, -0.25) is 0 Å². The van der Waals surface area contributed by atoms with Crippen molar-refractivity contribution in [3.8, 4) is 5.75 Å². The summed E-state index contributed by atoms with van der Waals surface area (Å²) in [6.07, 6.45) is 4.97. The van der Waals surface area contributed by atoms with Gasteiger partial charge in [-0.05, 0) is 44.1 Å². The minimum Gasteiger partial charge on any atom is -0.489 e. The van der Waals surface area contributed by atoms with Gasteiger partial charge < -0.3 is 9.94 Å². The van der Waals surface area contributed by atoms with Crippen LogP contribution in [-0.4, -0.2) is 17.0 Å². The molecule has 3 nitrogen and oxygen atoms in total. The number of oxime groups is 1. The number of ether oxygens (including phenoxy) is 1. The maximum atomic E-state index is 9.08. The van der Waals surface area contributed by atoms with Crippen molar-refractivity contribution in [1.29, 1.82) is 0 Å². The lowest BCUT2D eigenvalue weighted by atomic mass is 10.0. The fourth-order valence-electron chi connectivity index (χ4n) is 2.88. The van der Waals surface area contributed by atoms with Gasteiger partial charge in [-0.25, -0.2) is 0 Å². The molecule has 1 saturated carbocycles. The Hall–Kier alpha value is -2.03. The fraction of sp³-hybridized carbons (Fsp3) is 0.353. The molecule has 1 N–H and O–H groups in total. The number of fused-ring (bicyclic) bond motifs is 1. The van der Waals surface area contributed by atoms with E-state index in [0.717, 1.165) is 34.9 Å². The summed E-state index contributed by atoms with van der Waals surface area (Å²) >= 11 is 0. The van der Waals surface area contributed by atoms with Gasteiger partial charge in [-0.15, -0.1) is 0 Å². The smallest absolute Gasteiger partial charge is 0.136 e. The van der Waals surface area contributed by atoms with Gasteiger partial charge in [0.2, 0.25) is 0 Å². The average Bonchev–Trinajstić information content (AvgIpc) is 3.00. The van der Waals surface area contributed by atoms with E-state index in [0.29, 0.717) is 5.71 Å². The zero-order valence-electron chi connectivity index (χ0n) is 11.7. The quantitative estimate of drug-likeness (QED) is 0.511. The van der Waals surface area contributed by atoms with Crippen molar-refractivity contribution in [2.45, 2.75) is 38.7 Å². The van der Waals surface area contributed by atoms with Crippen molar-refractivity contribution < 1.29 is 9.94 Å². The lowest BCUT2D eigenvalue weighted by molar-refractivity contribution is 0.212. The monoisotopic (exact) mass is 269 g/mol. The highest BCUT2D eigenvalue weighted by molar-refractivity contribution is 6.06. The Bertz CT molecular complexity index is 642. The number of hydrogen-bond acceptors (Lipinski definition) is 3. The molecule has 1 fully saturated rings. The van der Waals surface area contributed by atoms with E-state index in [9.17, 15) is 0 Å². The van der Waals surface area contributed by atoms with E-state index in [1.165, 1.54) is 12.8 Å². The summed E-state index contributed by atoms with van der Waals surface area (Å²) in [4.78, 5) is 0. The molecule has 0 atom stereocenters. The third kappa shape index (κ3) is 2.36. The highest BCUT2D eigenvalue weighted by Crippen LogP contribution is 2.34. The molecule has 1 aliphatic carbocycles. The Morgan fingerprint density at radius 3 is 2.65 bits per heavy atom. The highest BCUT2D eigenvalue weighted by atomic mass is 16.5. The molecule has 1 aliphatic rings. The molecule has 0 spiro atoms. The van der Waals surface area contributed by atoms with Crippen LogP contribution in [0.5, 0.6) is 5.75 Å². The summed E-state index contributed by atoms with van der Waals surface area (Å²) in [5, 5.41) is 14.6. The van der Waals surface area contributed by atoms with Crippen LogP contribution in [0.2, 0.25) is 0 Å².